The molecule has 1 aromatic carbocycles. The Labute approximate surface area is 120 Å². The van der Waals surface area contributed by atoms with Crippen molar-refractivity contribution >= 4 is 35.6 Å². The molecule has 0 unspecified atom stereocenters. The molecule has 0 aliphatic heterocycles. The van der Waals surface area contributed by atoms with E-state index in [-0.39, 0.29) is 24.0 Å². The average molecular weight is 345 g/mol. The van der Waals surface area contributed by atoms with Gasteiger partial charge in [0.1, 0.15) is 0 Å². The lowest BCUT2D eigenvalue weighted by Gasteiger charge is -2.36. The number of hydrogen-bond acceptors (Lipinski definition) is 1. The second kappa shape index (κ2) is 6.23. The Morgan fingerprint density at radius 3 is 2.53 bits per heavy atom. The van der Waals surface area contributed by atoms with Gasteiger partial charge in [-0.15, -0.1) is 24.0 Å². The summed E-state index contributed by atoms with van der Waals surface area (Å²) in [4.78, 5) is 4.40. The SMILES string of the molecule is CC1(CN=C(N)Nc2ccccc2)CCC1.I. The summed E-state index contributed by atoms with van der Waals surface area (Å²) in [6.45, 7) is 3.11. The highest BCUT2D eigenvalue weighted by Crippen LogP contribution is 2.40. The fraction of sp³-hybridized carbons (Fsp3) is 0.462. The molecular weight excluding hydrogens is 325 g/mol. The lowest BCUT2D eigenvalue weighted by atomic mass is 9.71. The number of anilines is 1. The van der Waals surface area contributed by atoms with E-state index in [0.717, 1.165) is 12.2 Å². The first-order valence-corrected chi connectivity index (χ1v) is 5.80. The molecule has 1 aliphatic rings. The Morgan fingerprint density at radius 2 is 2.00 bits per heavy atom. The minimum Gasteiger partial charge on any atom is -0.370 e. The van der Waals surface area contributed by atoms with Gasteiger partial charge in [-0.1, -0.05) is 31.5 Å². The Hall–Kier alpha value is -0.780. The summed E-state index contributed by atoms with van der Waals surface area (Å²) in [5, 5.41) is 3.09. The van der Waals surface area contributed by atoms with Crippen LogP contribution in [-0.4, -0.2) is 12.5 Å². The second-order valence-corrected chi connectivity index (χ2v) is 4.86. The van der Waals surface area contributed by atoms with Crippen LogP contribution in [0.25, 0.3) is 0 Å². The van der Waals surface area contributed by atoms with Crippen LogP contribution < -0.4 is 11.1 Å². The van der Waals surface area contributed by atoms with Gasteiger partial charge in [-0.25, -0.2) is 0 Å². The normalized spacial score (nSPS) is 17.8. The van der Waals surface area contributed by atoms with Crippen molar-refractivity contribution in [2.75, 3.05) is 11.9 Å². The van der Waals surface area contributed by atoms with Crippen molar-refractivity contribution < 1.29 is 0 Å². The molecule has 0 atom stereocenters. The molecule has 0 saturated heterocycles. The van der Waals surface area contributed by atoms with Crippen molar-refractivity contribution in [2.24, 2.45) is 16.1 Å². The molecule has 2 rings (SSSR count). The number of nitrogens with one attached hydrogen (secondary N) is 1. The van der Waals surface area contributed by atoms with Crippen molar-refractivity contribution in [3.8, 4) is 0 Å². The summed E-state index contributed by atoms with van der Waals surface area (Å²) >= 11 is 0. The molecule has 0 aromatic heterocycles. The van der Waals surface area contributed by atoms with E-state index in [9.17, 15) is 0 Å². The Balaban J connectivity index is 0.00000144. The van der Waals surface area contributed by atoms with Crippen molar-refractivity contribution in [3.63, 3.8) is 0 Å². The van der Waals surface area contributed by atoms with Gasteiger partial charge in [-0.2, -0.15) is 0 Å². The van der Waals surface area contributed by atoms with E-state index in [1.165, 1.54) is 19.3 Å². The first kappa shape index (κ1) is 14.3. The van der Waals surface area contributed by atoms with Crippen molar-refractivity contribution in [1.29, 1.82) is 0 Å². The zero-order chi connectivity index (χ0) is 11.4. The zero-order valence-electron chi connectivity index (χ0n) is 10.1. The van der Waals surface area contributed by atoms with Gasteiger partial charge in [-0.05, 0) is 30.4 Å². The van der Waals surface area contributed by atoms with Crippen LogP contribution in [-0.2, 0) is 0 Å². The van der Waals surface area contributed by atoms with E-state index >= 15 is 0 Å². The number of guanidine groups is 1. The van der Waals surface area contributed by atoms with E-state index in [1.807, 2.05) is 30.3 Å². The summed E-state index contributed by atoms with van der Waals surface area (Å²) in [7, 11) is 0. The van der Waals surface area contributed by atoms with Crippen LogP contribution in [0.3, 0.4) is 0 Å². The first-order chi connectivity index (χ1) is 7.68. The molecule has 0 spiro atoms. The van der Waals surface area contributed by atoms with E-state index in [1.54, 1.807) is 0 Å². The largest absolute Gasteiger partial charge is 0.370 e. The predicted octanol–water partition coefficient (Wildman–Crippen LogP) is 3.22. The minimum absolute atomic E-state index is 0. The maximum atomic E-state index is 5.83. The van der Waals surface area contributed by atoms with Gasteiger partial charge in [0.15, 0.2) is 5.96 Å². The summed E-state index contributed by atoms with van der Waals surface area (Å²) < 4.78 is 0. The fourth-order valence-electron chi connectivity index (χ4n) is 1.92. The van der Waals surface area contributed by atoms with Crippen molar-refractivity contribution in [2.45, 2.75) is 26.2 Å². The summed E-state index contributed by atoms with van der Waals surface area (Å²) in [5.41, 5.74) is 7.21. The van der Waals surface area contributed by atoms with E-state index in [0.29, 0.717) is 11.4 Å². The number of halogens is 1. The predicted molar refractivity (Wildman–Crippen MR) is 83.9 cm³/mol. The van der Waals surface area contributed by atoms with Crippen LogP contribution in [0.4, 0.5) is 5.69 Å². The fourth-order valence-corrected chi connectivity index (χ4v) is 1.92. The number of benzene rings is 1. The van der Waals surface area contributed by atoms with Gasteiger partial charge in [0, 0.05) is 12.2 Å². The van der Waals surface area contributed by atoms with Gasteiger partial charge in [-0.3, -0.25) is 4.99 Å². The quantitative estimate of drug-likeness (QED) is 0.502. The van der Waals surface area contributed by atoms with Crippen molar-refractivity contribution in [1.82, 2.24) is 0 Å². The third kappa shape index (κ3) is 4.18. The number of rotatable bonds is 3. The Kier molecular flexibility index (Phi) is 5.24. The monoisotopic (exact) mass is 345 g/mol. The molecule has 94 valence electrons. The summed E-state index contributed by atoms with van der Waals surface area (Å²) in [5.74, 6) is 0.513. The third-order valence-corrected chi connectivity index (χ3v) is 3.24. The molecule has 0 radical (unpaired) electrons. The van der Waals surface area contributed by atoms with E-state index in [4.69, 9.17) is 5.73 Å². The van der Waals surface area contributed by atoms with Gasteiger partial charge in [0.05, 0.1) is 0 Å². The zero-order valence-corrected chi connectivity index (χ0v) is 12.5. The molecule has 0 bridgehead atoms. The molecule has 17 heavy (non-hydrogen) atoms. The molecule has 3 nitrogen and oxygen atoms in total. The van der Waals surface area contributed by atoms with Gasteiger partial charge >= 0.3 is 0 Å². The summed E-state index contributed by atoms with van der Waals surface area (Å²) in [6, 6.07) is 9.89. The highest BCUT2D eigenvalue weighted by atomic mass is 127. The first-order valence-electron chi connectivity index (χ1n) is 5.80. The van der Waals surface area contributed by atoms with Gasteiger partial charge in [0.2, 0.25) is 0 Å². The van der Waals surface area contributed by atoms with E-state index < -0.39 is 0 Å². The number of aliphatic imine (C=N–C) groups is 1. The second-order valence-electron chi connectivity index (χ2n) is 4.86. The van der Waals surface area contributed by atoms with Crippen LogP contribution in [0.15, 0.2) is 35.3 Å². The van der Waals surface area contributed by atoms with Crippen LogP contribution in [0.1, 0.15) is 26.2 Å². The highest BCUT2D eigenvalue weighted by molar-refractivity contribution is 14.0. The number of para-hydroxylation sites is 1. The molecule has 1 fully saturated rings. The molecule has 3 N–H and O–H groups in total. The molecule has 1 aliphatic carbocycles. The average Bonchev–Trinajstić information content (AvgIpc) is 2.25. The van der Waals surface area contributed by atoms with Crippen LogP contribution >= 0.6 is 24.0 Å². The molecule has 0 heterocycles. The summed E-state index contributed by atoms with van der Waals surface area (Å²) in [6.07, 6.45) is 3.88. The van der Waals surface area contributed by atoms with Crippen LogP contribution in [0, 0.1) is 5.41 Å². The topological polar surface area (TPSA) is 50.4 Å². The standard InChI is InChI=1S/C13H19N3.HI/c1-13(8-5-9-13)10-15-12(14)16-11-6-3-2-4-7-11;/h2-4,6-7H,5,8-10H2,1H3,(H3,14,15,16);1H. The number of hydrogen-bond donors (Lipinski definition) is 2. The molecule has 1 saturated carbocycles. The maximum absolute atomic E-state index is 5.83. The lowest BCUT2D eigenvalue weighted by molar-refractivity contribution is 0.174. The Bertz CT molecular complexity index is 372. The van der Waals surface area contributed by atoms with Crippen molar-refractivity contribution in [3.05, 3.63) is 30.3 Å². The minimum atomic E-state index is 0. The molecule has 0 amide bonds. The number of nitrogens with zero attached hydrogens (tertiary/aromatic N) is 1. The molecule has 4 heteroatoms. The third-order valence-electron chi connectivity index (χ3n) is 3.24. The van der Waals surface area contributed by atoms with Gasteiger partial charge < -0.3 is 11.1 Å². The van der Waals surface area contributed by atoms with E-state index in [2.05, 4.69) is 17.2 Å². The smallest absolute Gasteiger partial charge is 0.193 e. The van der Waals surface area contributed by atoms with Gasteiger partial charge in [0.25, 0.3) is 0 Å². The molecule has 1 aromatic rings. The van der Waals surface area contributed by atoms with Crippen LogP contribution in [0.5, 0.6) is 0 Å². The Morgan fingerprint density at radius 1 is 1.35 bits per heavy atom. The lowest BCUT2D eigenvalue weighted by Crippen LogP contribution is -2.31. The number of nitrogens with two attached hydrogens (primary N) is 1. The highest BCUT2D eigenvalue weighted by Gasteiger charge is 2.31. The maximum Gasteiger partial charge on any atom is 0.193 e. The van der Waals surface area contributed by atoms with Crippen LogP contribution in [0.2, 0.25) is 0 Å². The molecular formula is C13H20IN3.